The Balaban J connectivity index is 3.19. The monoisotopic (exact) mass is 256 g/mol. The first-order valence-electron chi connectivity index (χ1n) is 2.46. The van der Waals surface area contributed by atoms with Gasteiger partial charge < -0.3 is 0 Å². The van der Waals surface area contributed by atoms with E-state index in [1.165, 1.54) is 6.07 Å². The van der Waals surface area contributed by atoms with Gasteiger partial charge in [0, 0.05) is 6.07 Å². The molecule has 0 aliphatic heterocycles. The van der Waals surface area contributed by atoms with E-state index < -0.39 is 32.8 Å². The highest BCUT2D eigenvalue weighted by Crippen LogP contribution is 2.14. The van der Waals surface area contributed by atoms with Crippen LogP contribution < -0.4 is 0 Å². The second kappa shape index (κ2) is 3.14. The fourth-order valence-electron chi connectivity index (χ4n) is 0.533. The van der Waals surface area contributed by atoms with Crippen LogP contribution in [0.25, 0.3) is 0 Å². The van der Waals surface area contributed by atoms with Gasteiger partial charge in [-0.1, -0.05) is 0 Å². The summed E-state index contributed by atoms with van der Waals surface area (Å²) < 4.78 is 34.9. The topological polar surface area (TPSA) is 17.1 Å². The molecule has 0 atom stereocenters. The van der Waals surface area contributed by atoms with Gasteiger partial charge in [0.1, 0.15) is 11.6 Å². The first kappa shape index (κ1) is 7.71. The molecule has 0 aromatic heterocycles. The number of halogens is 3. The lowest BCUT2D eigenvalue weighted by Gasteiger charge is -1.90. The number of hydrogen-bond acceptors (Lipinski definition) is 1. The maximum absolute atomic E-state index is 12.4. The van der Waals surface area contributed by atoms with Gasteiger partial charge in [-0.2, -0.15) is 0 Å². The van der Waals surface area contributed by atoms with Gasteiger partial charge in [-0.25, -0.2) is 8.78 Å². The zero-order chi connectivity index (χ0) is 7.56. The van der Waals surface area contributed by atoms with Crippen molar-refractivity contribution < 1.29 is 11.8 Å². The molecule has 0 amide bonds. The van der Waals surface area contributed by atoms with E-state index >= 15 is 0 Å². The van der Waals surface area contributed by atoms with Gasteiger partial charge in [0.15, 0.2) is 21.2 Å². The molecule has 1 rings (SSSR count). The average molecular weight is 256 g/mol. The Morgan fingerprint density at radius 2 is 2.00 bits per heavy atom. The molecule has 1 aromatic rings. The van der Waals surface area contributed by atoms with Crippen LogP contribution in [0, 0.1) is 15.2 Å². The molecule has 0 spiro atoms. The van der Waals surface area contributed by atoms with Gasteiger partial charge in [-0.3, -0.25) is 3.07 Å². The van der Waals surface area contributed by atoms with Crippen molar-refractivity contribution in [3.63, 3.8) is 0 Å². The molecule has 0 fully saturated rings. The Kier molecular flexibility index (Phi) is 2.42. The van der Waals surface area contributed by atoms with Crippen LogP contribution in [0.3, 0.4) is 0 Å². The van der Waals surface area contributed by atoms with E-state index in [9.17, 15) is 11.8 Å². The van der Waals surface area contributed by atoms with Crippen molar-refractivity contribution in [2.24, 2.45) is 0 Å². The Morgan fingerprint density at radius 1 is 1.30 bits per heavy atom. The van der Waals surface area contributed by atoms with E-state index in [0.29, 0.717) is 0 Å². The zero-order valence-corrected chi connectivity index (χ0v) is 6.93. The van der Waals surface area contributed by atoms with Crippen LogP contribution in [0.1, 0.15) is 0 Å². The molecule has 10 heavy (non-hydrogen) atoms. The standard InChI is InChI=1S/C6H3F2IO/c7-4-1-2-6(9-10)5(8)3-4/h1-3H. The SMILES string of the molecule is O=Ic1ccc(F)cc1F. The third-order valence-electron chi connectivity index (χ3n) is 0.965. The summed E-state index contributed by atoms with van der Waals surface area (Å²) >= 11 is -1.52. The predicted octanol–water partition coefficient (Wildman–Crippen LogP) is 2.45. The normalized spacial score (nSPS) is 9.80. The fourth-order valence-corrected chi connectivity index (χ4v) is 1.23. The molecule has 0 saturated heterocycles. The van der Waals surface area contributed by atoms with Crippen LogP contribution in [0.2, 0.25) is 0 Å². The summed E-state index contributed by atoms with van der Waals surface area (Å²) in [6.07, 6.45) is 0. The summed E-state index contributed by atoms with van der Waals surface area (Å²) in [5.74, 6) is -1.36. The molecule has 0 N–H and O–H groups in total. The lowest BCUT2D eigenvalue weighted by molar-refractivity contribution is 0.578. The van der Waals surface area contributed by atoms with Crippen molar-refractivity contribution in [2.75, 3.05) is 0 Å². The van der Waals surface area contributed by atoms with Crippen LogP contribution in [-0.2, 0) is 3.07 Å². The second-order valence-corrected chi connectivity index (χ2v) is 3.24. The van der Waals surface area contributed by atoms with E-state index in [1.54, 1.807) is 0 Å². The van der Waals surface area contributed by atoms with Crippen molar-refractivity contribution in [3.05, 3.63) is 33.4 Å². The van der Waals surface area contributed by atoms with Crippen LogP contribution >= 0.6 is 21.2 Å². The first-order chi connectivity index (χ1) is 4.74. The quantitative estimate of drug-likeness (QED) is 0.557. The molecular weight excluding hydrogens is 253 g/mol. The van der Waals surface area contributed by atoms with Crippen molar-refractivity contribution in [1.82, 2.24) is 0 Å². The lowest BCUT2D eigenvalue weighted by atomic mass is 10.3. The number of benzene rings is 1. The lowest BCUT2D eigenvalue weighted by Crippen LogP contribution is -1.82. The minimum absolute atomic E-state index is 0.111. The molecule has 0 unspecified atom stereocenters. The molecule has 1 aromatic carbocycles. The van der Waals surface area contributed by atoms with Crippen LogP contribution in [0.15, 0.2) is 18.2 Å². The third-order valence-corrected chi connectivity index (χ3v) is 2.31. The average Bonchev–Trinajstić information content (AvgIpc) is 1.88. The van der Waals surface area contributed by atoms with E-state index in [-0.39, 0.29) is 3.57 Å². The highest BCUT2D eigenvalue weighted by Gasteiger charge is 2.01. The fraction of sp³-hybridized carbons (Fsp3) is 0. The molecule has 0 radical (unpaired) electrons. The molecule has 0 heterocycles. The van der Waals surface area contributed by atoms with Crippen LogP contribution in [0.5, 0.6) is 0 Å². The molecule has 1 nitrogen and oxygen atoms in total. The highest BCUT2D eigenvalue weighted by molar-refractivity contribution is 14.1. The molecule has 0 aliphatic rings. The number of hydrogen-bond donors (Lipinski definition) is 0. The minimum Gasteiger partial charge on any atom is -0.265 e. The molecule has 0 aliphatic carbocycles. The maximum atomic E-state index is 12.4. The third kappa shape index (κ3) is 1.56. The number of rotatable bonds is 1. The van der Waals surface area contributed by atoms with Gasteiger partial charge in [0.05, 0.1) is 3.57 Å². The smallest absolute Gasteiger partial charge is 0.185 e. The minimum atomic E-state index is -1.52. The van der Waals surface area contributed by atoms with Gasteiger partial charge in [0.25, 0.3) is 0 Å². The molecule has 0 bridgehead atoms. The Morgan fingerprint density at radius 3 is 2.50 bits per heavy atom. The zero-order valence-electron chi connectivity index (χ0n) is 4.77. The molecule has 4 heteroatoms. The van der Waals surface area contributed by atoms with Crippen molar-refractivity contribution in [3.8, 4) is 0 Å². The summed E-state index contributed by atoms with van der Waals surface area (Å²) in [5, 5.41) is 0. The Labute approximate surface area is 66.7 Å². The van der Waals surface area contributed by atoms with Crippen LogP contribution in [-0.4, -0.2) is 0 Å². The van der Waals surface area contributed by atoms with Gasteiger partial charge in [-0.15, -0.1) is 0 Å². The summed E-state index contributed by atoms with van der Waals surface area (Å²) in [7, 11) is 0. The summed E-state index contributed by atoms with van der Waals surface area (Å²) in [5.41, 5.74) is 0. The maximum Gasteiger partial charge on any atom is 0.185 e. The van der Waals surface area contributed by atoms with E-state index in [1.807, 2.05) is 0 Å². The van der Waals surface area contributed by atoms with Gasteiger partial charge in [-0.05, 0) is 12.1 Å². The van der Waals surface area contributed by atoms with Crippen molar-refractivity contribution >= 4 is 21.2 Å². The molecular formula is C6H3F2IO. The van der Waals surface area contributed by atoms with Crippen LogP contribution in [0.4, 0.5) is 8.78 Å². The largest absolute Gasteiger partial charge is 0.265 e. The molecule has 54 valence electrons. The Bertz CT molecular complexity index is 262. The highest BCUT2D eigenvalue weighted by atomic mass is 127. The van der Waals surface area contributed by atoms with Gasteiger partial charge >= 0.3 is 0 Å². The predicted molar refractivity (Wildman–Crippen MR) is 39.8 cm³/mol. The summed E-state index contributed by atoms with van der Waals surface area (Å²) in [4.78, 5) is 0. The summed E-state index contributed by atoms with van der Waals surface area (Å²) in [6, 6.07) is 3.02. The van der Waals surface area contributed by atoms with E-state index in [0.717, 1.165) is 12.1 Å². The van der Waals surface area contributed by atoms with Crippen molar-refractivity contribution in [1.29, 1.82) is 0 Å². The van der Waals surface area contributed by atoms with Gasteiger partial charge in [0.2, 0.25) is 0 Å². The summed E-state index contributed by atoms with van der Waals surface area (Å²) in [6.45, 7) is 0. The first-order valence-corrected chi connectivity index (χ1v) is 4.42. The Hall–Kier alpha value is -0.390. The molecule has 0 saturated carbocycles. The van der Waals surface area contributed by atoms with E-state index in [4.69, 9.17) is 0 Å². The van der Waals surface area contributed by atoms with E-state index in [2.05, 4.69) is 0 Å². The van der Waals surface area contributed by atoms with Crippen molar-refractivity contribution in [2.45, 2.75) is 0 Å². The second-order valence-electron chi connectivity index (χ2n) is 1.64.